The van der Waals surface area contributed by atoms with Crippen LogP contribution in [-0.4, -0.2) is 66.4 Å². The number of carbonyl (C=O) groups excluding carboxylic acids is 1. The highest BCUT2D eigenvalue weighted by Gasteiger charge is 2.34. The predicted molar refractivity (Wildman–Crippen MR) is 161 cm³/mol. The molecule has 1 amide bonds. The van der Waals surface area contributed by atoms with Gasteiger partial charge in [0.1, 0.15) is 19.1 Å². The molecule has 41 heavy (non-hydrogen) atoms. The zero-order valence-electron chi connectivity index (χ0n) is 25.4. The van der Waals surface area contributed by atoms with Gasteiger partial charge in [-0.3, -0.25) is 9.36 Å². The first kappa shape index (κ1) is 39.8. The number of carbonyl (C=O) groups is 1. The summed E-state index contributed by atoms with van der Waals surface area (Å²) in [7, 11) is -3.25. The SMILES string of the molecule is C#C.CC.CCC[C@@H](CC)N(C(=O)OC(C)(CF)CF)C(C)C.CS(=O)(=O)c1ccc(-n2ccc(O)cc2=O)cc1. The average molecular weight is 601 g/mol. The van der Waals surface area contributed by atoms with Crippen molar-refractivity contribution < 1.29 is 31.8 Å². The van der Waals surface area contributed by atoms with Crippen molar-refractivity contribution in [2.45, 2.75) is 90.3 Å². The number of hydrogen-bond donors (Lipinski definition) is 1. The van der Waals surface area contributed by atoms with Crippen molar-refractivity contribution in [1.29, 1.82) is 0 Å². The molecular formula is C30H46F2N2O6S. The molecular weight excluding hydrogens is 554 g/mol. The second-order valence-corrected chi connectivity index (χ2v) is 11.3. The first-order chi connectivity index (χ1) is 19.2. The lowest BCUT2D eigenvalue weighted by atomic mass is 10.1. The fourth-order valence-corrected chi connectivity index (χ4v) is 4.17. The van der Waals surface area contributed by atoms with Crippen molar-refractivity contribution in [3.05, 3.63) is 52.9 Å². The molecule has 1 atom stereocenters. The smallest absolute Gasteiger partial charge is 0.410 e. The van der Waals surface area contributed by atoms with Gasteiger partial charge in [-0.15, -0.1) is 12.8 Å². The highest BCUT2D eigenvalue weighted by Crippen LogP contribution is 2.20. The second kappa shape index (κ2) is 19.6. The maximum atomic E-state index is 12.8. The van der Waals surface area contributed by atoms with Crippen LogP contribution in [0.5, 0.6) is 5.75 Å². The van der Waals surface area contributed by atoms with Gasteiger partial charge in [0.15, 0.2) is 15.4 Å². The van der Waals surface area contributed by atoms with E-state index >= 15 is 0 Å². The van der Waals surface area contributed by atoms with E-state index in [4.69, 9.17) is 9.84 Å². The maximum absolute atomic E-state index is 12.8. The van der Waals surface area contributed by atoms with Crippen LogP contribution in [-0.2, 0) is 14.6 Å². The number of sulfone groups is 1. The standard InChI is InChI=1S/C14H27F2NO2.C12H11NO4S.C2H6.C2H2/c1-6-8-12(7-2)17(11(3)4)13(18)19-14(5,9-15)10-16;1-18(16,17)11-4-2-9(3-5-11)13-7-6-10(14)8-12(13)15;2*1-2/h11-12H,6-10H2,1-5H3;2-8,14H,1H3;1-2H3;1-2H/t12-;;;/m1.../s1. The summed E-state index contributed by atoms with van der Waals surface area (Å²) < 4.78 is 54.4. The van der Waals surface area contributed by atoms with Crippen LogP contribution >= 0.6 is 0 Å². The molecule has 1 N–H and O–H groups in total. The van der Waals surface area contributed by atoms with Crippen molar-refractivity contribution >= 4 is 15.9 Å². The third kappa shape index (κ3) is 13.2. The third-order valence-corrected chi connectivity index (χ3v) is 6.73. The second-order valence-electron chi connectivity index (χ2n) is 9.30. The lowest BCUT2D eigenvalue weighted by molar-refractivity contribution is -0.0377. The Morgan fingerprint density at radius 3 is 1.98 bits per heavy atom. The molecule has 1 aromatic carbocycles. The zero-order valence-corrected chi connectivity index (χ0v) is 26.2. The summed E-state index contributed by atoms with van der Waals surface area (Å²) in [4.78, 5) is 25.6. The number of hydrogen-bond acceptors (Lipinski definition) is 6. The molecule has 0 saturated carbocycles. The monoisotopic (exact) mass is 600 g/mol. The summed E-state index contributed by atoms with van der Waals surface area (Å²) >= 11 is 0. The van der Waals surface area contributed by atoms with E-state index in [1.54, 1.807) is 4.90 Å². The van der Waals surface area contributed by atoms with Gasteiger partial charge in [-0.2, -0.15) is 0 Å². The van der Waals surface area contributed by atoms with Gasteiger partial charge in [-0.25, -0.2) is 22.0 Å². The summed E-state index contributed by atoms with van der Waals surface area (Å²) in [6.07, 6.45) is 12.5. The molecule has 1 heterocycles. The summed E-state index contributed by atoms with van der Waals surface area (Å²) in [6.45, 7) is 11.0. The fraction of sp³-hybridized carbons (Fsp3) is 0.533. The summed E-state index contributed by atoms with van der Waals surface area (Å²) in [5, 5.41) is 9.14. The van der Waals surface area contributed by atoms with Crippen LogP contribution in [0, 0.1) is 12.8 Å². The van der Waals surface area contributed by atoms with E-state index in [2.05, 4.69) is 12.8 Å². The van der Waals surface area contributed by atoms with E-state index in [0.717, 1.165) is 31.6 Å². The van der Waals surface area contributed by atoms with Crippen molar-refractivity contribution in [3.63, 3.8) is 0 Å². The Hall–Kier alpha value is -3.39. The molecule has 232 valence electrons. The van der Waals surface area contributed by atoms with Gasteiger partial charge in [-0.1, -0.05) is 34.1 Å². The minimum atomic E-state index is -3.25. The van der Waals surface area contributed by atoms with Gasteiger partial charge in [0.2, 0.25) is 0 Å². The quantitative estimate of drug-likeness (QED) is 0.320. The van der Waals surface area contributed by atoms with Crippen LogP contribution < -0.4 is 5.56 Å². The van der Waals surface area contributed by atoms with Gasteiger partial charge in [-0.05, 0) is 63.9 Å². The molecule has 8 nitrogen and oxygen atoms in total. The number of aromatic hydroxyl groups is 1. The van der Waals surface area contributed by atoms with E-state index in [-0.39, 0.29) is 28.3 Å². The van der Waals surface area contributed by atoms with Gasteiger partial charge in [0.05, 0.1) is 4.90 Å². The highest BCUT2D eigenvalue weighted by molar-refractivity contribution is 7.90. The van der Waals surface area contributed by atoms with Crippen LogP contribution in [0.25, 0.3) is 5.69 Å². The van der Waals surface area contributed by atoms with Crippen LogP contribution in [0.15, 0.2) is 52.3 Å². The average Bonchev–Trinajstić information content (AvgIpc) is 2.94. The van der Waals surface area contributed by atoms with E-state index in [1.807, 2.05) is 41.5 Å². The van der Waals surface area contributed by atoms with Crippen molar-refractivity contribution in [3.8, 4) is 24.3 Å². The minimum absolute atomic E-state index is 0.0426. The van der Waals surface area contributed by atoms with Crippen molar-refractivity contribution in [2.24, 2.45) is 0 Å². The zero-order chi connectivity index (χ0) is 32.4. The topological polar surface area (TPSA) is 106 Å². The largest absolute Gasteiger partial charge is 0.508 e. The summed E-state index contributed by atoms with van der Waals surface area (Å²) in [5.41, 5.74) is -1.52. The van der Waals surface area contributed by atoms with Crippen molar-refractivity contribution in [2.75, 3.05) is 19.6 Å². The summed E-state index contributed by atoms with van der Waals surface area (Å²) in [6, 6.07) is 8.39. The number of halogens is 2. The Bertz CT molecular complexity index is 1210. The Morgan fingerprint density at radius 2 is 1.61 bits per heavy atom. The minimum Gasteiger partial charge on any atom is -0.508 e. The number of terminal acetylenes is 1. The Kier molecular flexibility index (Phi) is 19.0. The lowest BCUT2D eigenvalue weighted by Crippen LogP contribution is -2.49. The van der Waals surface area contributed by atoms with Crippen LogP contribution in [0.4, 0.5) is 13.6 Å². The van der Waals surface area contributed by atoms with Gasteiger partial charge >= 0.3 is 6.09 Å². The molecule has 0 aliphatic heterocycles. The first-order valence-corrected chi connectivity index (χ1v) is 15.3. The van der Waals surface area contributed by atoms with Crippen LogP contribution in [0.3, 0.4) is 0 Å². The van der Waals surface area contributed by atoms with E-state index < -0.39 is 34.9 Å². The Morgan fingerprint density at radius 1 is 1.10 bits per heavy atom. The van der Waals surface area contributed by atoms with Gasteiger partial charge < -0.3 is 14.7 Å². The first-order valence-electron chi connectivity index (χ1n) is 13.4. The molecule has 0 aliphatic carbocycles. The molecule has 2 rings (SSSR count). The van der Waals surface area contributed by atoms with E-state index in [9.17, 15) is 26.8 Å². The molecule has 0 spiro atoms. The molecule has 1 aromatic heterocycles. The predicted octanol–water partition coefficient (Wildman–Crippen LogP) is 6.33. The molecule has 0 unspecified atom stereocenters. The molecule has 0 saturated heterocycles. The number of pyridine rings is 1. The number of ether oxygens (including phenoxy) is 1. The van der Waals surface area contributed by atoms with Gasteiger partial charge in [0, 0.05) is 36.3 Å². The van der Waals surface area contributed by atoms with Crippen LogP contribution in [0.1, 0.15) is 67.7 Å². The van der Waals surface area contributed by atoms with Gasteiger partial charge in [0.25, 0.3) is 5.56 Å². The molecule has 0 radical (unpaired) electrons. The lowest BCUT2D eigenvalue weighted by Gasteiger charge is -2.36. The molecule has 11 heteroatoms. The maximum Gasteiger partial charge on any atom is 0.410 e. The molecule has 0 bridgehead atoms. The normalized spacial score (nSPS) is 11.4. The number of benzene rings is 1. The van der Waals surface area contributed by atoms with Crippen molar-refractivity contribution in [1.82, 2.24) is 9.47 Å². The summed E-state index contributed by atoms with van der Waals surface area (Å²) in [5.74, 6) is -0.107. The number of alkyl halides is 2. The fourth-order valence-electron chi connectivity index (χ4n) is 3.54. The molecule has 0 aliphatic rings. The number of aromatic nitrogens is 1. The highest BCUT2D eigenvalue weighted by atomic mass is 32.2. The molecule has 0 fully saturated rings. The third-order valence-electron chi connectivity index (χ3n) is 5.60. The number of rotatable bonds is 10. The number of amides is 1. The van der Waals surface area contributed by atoms with Crippen LogP contribution in [0.2, 0.25) is 0 Å². The molecule has 2 aromatic rings. The van der Waals surface area contributed by atoms with E-state index in [0.29, 0.717) is 5.69 Å². The Balaban J connectivity index is 0. The van der Waals surface area contributed by atoms with E-state index in [1.165, 1.54) is 48.0 Å². The Labute approximate surface area is 244 Å². The number of nitrogens with zero attached hydrogens (tertiary/aromatic N) is 2.